The Morgan fingerprint density at radius 3 is 1.59 bits per heavy atom. The maximum atomic E-state index is 11.2. The number of phenols is 1. The van der Waals surface area contributed by atoms with Gasteiger partial charge in [0, 0.05) is 23.8 Å². The first kappa shape index (κ1) is 35.5. The number of unbranched alkanes of at least 4 members (excludes halogenated alkanes) is 1. The highest BCUT2D eigenvalue weighted by atomic mass is 16.5. The molecule has 2 N–H and O–H groups in total. The molecule has 7 heteroatoms. The number of rotatable bonds is 16. The summed E-state index contributed by atoms with van der Waals surface area (Å²) in [5.41, 5.74) is 6.52. The molecular formula is C44H45N3O4. The van der Waals surface area contributed by atoms with Crippen molar-refractivity contribution >= 4 is 0 Å². The van der Waals surface area contributed by atoms with Crippen LogP contribution in [0.2, 0.25) is 0 Å². The average molecular weight is 680 g/mol. The van der Waals surface area contributed by atoms with Gasteiger partial charge in [-0.3, -0.25) is 0 Å². The molecule has 260 valence electrons. The van der Waals surface area contributed by atoms with Crippen LogP contribution in [-0.2, 0) is 4.74 Å². The van der Waals surface area contributed by atoms with E-state index in [2.05, 4.69) is 62.4 Å². The number of phenolic OH excluding ortho intramolecular Hbond substituents is 1. The van der Waals surface area contributed by atoms with E-state index in [4.69, 9.17) is 24.4 Å². The first-order valence-electron chi connectivity index (χ1n) is 17.8. The topological polar surface area (TPSA) is 97.6 Å². The van der Waals surface area contributed by atoms with Crippen molar-refractivity contribution in [2.24, 2.45) is 5.92 Å². The van der Waals surface area contributed by atoms with E-state index in [1.54, 1.807) is 12.1 Å². The number of ether oxygens (including phenoxy) is 2. The molecule has 6 rings (SSSR count). The van der Waals surface area contributed by atoms with Gasteiger partial charge in [0.15, 0.2) is 17.5 Å². The monoisotopic (exact) mass is 679 g/mol. The Balaban J connectivity index is 1.23. The standard InChI is InChI=1S/C44H45N3O4/c1-3-5-12-31(4-2)28-50-29-38(48)30-51-39-25-26-40(41(49)27-39)44-46-42(36-21-17-34(18-22-36)32-13-8-6-9-14-32)45-43(47-44)37-23-19-35(20-24-37)33-15-10-7-11-16-33/h6-11,13-27,31,38,48-49H,3-5,12,28-30H2,1-2H3. The summed E-state index contributed by atoms with van der Waals surface area (Å²) in [7, 11) is 0. The molecule has 5 aromatic carbocycles. The van der Waals surface area contributed by atoms with Crippen molar-refractivity contribution in [1.82, 2.24) is 15.0 Å². The Hall–Kier alpha value is -5.37. The number of aromatic nitrogens is 3. The SMILES string of the molecule is CCCCC(CC)COCC(O)COc1ccc(-c2nc(-c3ccc(-c4ccccc4)cc3)nc(-c3ccc(-c4ccccc4)cc3)n2)c(O)c1. The first-order valence-corrected chi connectivity index (χ1v) is 17.8. The number of aliphatic hydroxyl groups is 1. The summed E-state index contributed by atoms with van der Waals surface area (Å²) in [5, 5.41) is 21.7. The number of nitrogens with zero attached hydrogens (tertiary/aromatic N) is 3. The van der Waals surface area contributed by atoms with Crippen LogP contribution >= 0.6 is 0 Å². The van der Waals surface area contributed by atoms with Crippen molar-refractivity contribution in [3.63, 3.8) is 0 Å². The summed E-state index contributed by atoms with van der Waals surface area (Å²) < 4.78 is 11.6. The van der Waals surface area contributed by atoms with Crippen LogP contribution in [0.4, 0.5) is 0 Å². The van der Waals surface area contributed by atoms with Crippen molar-refractivity contribution in [2.75, 3.05) is 19.8 Å². The molecule has 0 fully saturated rings. The van der Waals surface area contributed by atoms with E-state index in [1.807, 2.05) is 60.7 Å². The molecule has 0 aliphatic carbocycles. The Labute approximate surface area is 300 Å². The zero-order chi connectivity index (χ0) is 35.4. The van der Waals surface area contributed by atoms with E-state index in [-0.39, 0.29) is 19.0 Å². The fraction of sp³-hybridized carbons (Fsp3) is 0.250. The molecule has 51 heavy (non-hydrogen) atoms. The highest BCUT2D eigenvalue weighted by Gasteiger charge is 2.17. The second-order valence-electron chi connectivity index (χ2n) is 12.8. The van der Waals surface area contributed by atoms with Gasteiger partial charge in [0.1, 0.15) is 24.2 Å². The fourth-order valence-electron chi connectivity index (χ4n) is 5.94. The van der Waals surface area contributed by atoms with Gasteiger partial charge in [0.25, 0.3) is 0 Å². The van der Waals surface area contributed by atoms with Crippen LogP contribution in [0.3, 0.4) is 0 Å². The van der Waals surface area contributed by atoms with Crippen LogP contribution in [-0.4, -0.2) is 51.1 Å². The Morgan fingerprint density at radius 2 is 1.08 bits per heavy atom. The summed E-state index contributed by atoms with van der Waals surface area (Å²) in [4.78, 5) is 14.5. The minimum Gasteiger partial charge on any atom is -0.507 e. The largest absolute Gasteiger partial charge is 0.507 e. The van der Waals surface area contributed by atoms with Crippen molar-refractivity contribution < 1.29 is 19.7 Å². The van der Waals surface area contributed by atoms with Crippen LogP contribution in [0.1, 0.15) is 39.5 Å². The zero-order valence-corrected chi connectivity index (χ0v) is 29.3. The molecule has 1 aromatic heterocycles. The van der Waals surface area contributed by atoms with Gasteiger partial charge >= 0.3 is 0 Å². The van der Waals surface area contributed by atoms with Gasteiger partial charge < -0.3 is 19.7 Å². The van der Waals surface area contributed by atoms with Crippen molar-refractivity contribution in [3.8, 4) is 67.9 Å². The molecule has 0 saturated carbocycles. The van der Waals surface area contributed by atoms with Crippen LogP contribution in [0.25, 0.3) is 56.4 Å². The summed E-state index contributed by atoms with van der Waals surface area (Å²) in [6, 6.07) is 41.6. The quantitative estimate of drug-likeness (QED) is 0.105. The minimum atomic E-state index is -0.786. The Bertz CT molecular complexity index is 1870. The van der Waals surface area contributed by atoms with E-state index in [9.17, 15) is 10.2 Å². The van der Waals surface area contributed by atoms with Gasteiger partial charge in [-0.25, -0.2) is 15.0 Å². The predicted molar refractivity (Wildman–Crippen MR) is 204 cm³/mol. The van der Waals surface area contributed by atoms with Crippen molar-refractivity contribution in [3.05, 3.63) is 127 Å². The lowest BCUT2D eigenvalue weighted by Crippen LogP contribution is -2.25. The summed E-state index contributed by atoms with van der Waals surface area (Å²) >= 11 is 0. The molecule has 0 spiro atoms. The molecule has 0 amide bonds. The van der Waals surface area contributed by atoms with E-state index in [0.29, 0.717) is 41.3 Å². The molecule has 0 aliphatic heterocycles. The number of hydrogen-bond acceptors (Lipinski definition) is 7. The fourth-order valence-corrected chi connectivity index (χ4v) is 5.94. The highest BCUT2D eigenvalue weighted by Crippen LogP contribution is 2.34. The van der Waals surface area contributed by atoms with Gasteiger partial charge in [-0.15, -0.1) is 0 Å². The molecule has 0 saturated heterocycles. The number of hydrogen-bond donors (Lipinski definition) is 2. The summed E-state index contributed by atoms with van der Waals surface area (Å²) in [6.45, 7) is 5.23. The summed E-state index contributed by atoms with van der Waals surface area (Å²) in [6.07, 6.45) is 3.76. The molecule has 7 nitrogen and oxygen atoms in total. The van der Waals surface area contributed by atoms with Gasteiger partial charge in [0.05, 0.1) is 12.2 Å². The van der Waals surface area contributed by atoms with Crippen molar-refractivity contribution in [1.29, 1.82) is 0 Å². The van der Waals surface area contributed by atoms with Gasteiger partial charge in [-0.2, -0.15) is 0 Å². The molecule has 0 radical (unpaired) electrons. The Morgan fingerprint density at radius 1 is 0.569 bits per heavy atom. The number of aliphatic hydroxyl groups excluding tert-OH is 1. The Kier molecular flexibility index (Phi) is 12.2. The van der Waals surface area contributed by atoms with Crippen LogP contribution in [0, 0.1) is 5.92 Å². The number of benzene rings is 5. The molecule has 0 bridgehead atoms. The molecular weight excluding hydrogens is 635 g/mol. The zero-order valence-electron chi connectivity index (χ0n) is 29.3. The lowest BCUT2D eigenvalue weighted by molar-refractivity contribution is -0.00111. The van der Waals surface area contributed by atoms with E-state index in [0.717, 1.165) is 46.2 Å². The van der Waals surface area contributed by atoms with Crippen LogP contribution < -0.4 is 4.74 Å². The molecule has 0 aliphatic rings. The third-order valence-corrected chi connectivity index (χ3v) is 9.00. The average Bonchev–Trinajstić information content (AvgIpc) is 3.19. The first-order chi connectivity index (χ1) is 25.0. The van der Waals surface area contributed by atoms with Crippen molar-refractivity contribution in [2.45, 2.75) is 45.6 Å². The van der Waals surface area contributed by atoms with E-state index in [1.165, 1.54) is 18.9 Å². The minimum absolute atomic E-state index is 0.0399. The third kappa shape index (κ3) is 9.45. The van der Waals surface area contributed by atoms with Crippen LogP contribution in [0.15, 0.2) is 127 Å². The number of aromatic hydroxyl groups is 1. The highest BCUT2D eigenvalue weighted by molar-refractivity contribution is 5.73. The van der Waals surface area contributed by atoms with E-state index >= 15 is 0 Å². The maximum absolute atomic E-state index is 11.2. The second-order valence-corrected chi connectivity index (χ2v) is 12.8. The predicted octanol–water partition coefficient (Wildman–Crippen LogP) is 9.88. The maximum Gasteiger partial charge on any atom is 0.167 e. The third-order valence-electron chi connectivity index (χ3n) is 9.00. The lowest BCUT2D eigenvalue weighted by atomic mass is 10.0. The molecule has 2 atom stereocenters. The summed E-state index contributed by atoms with van der Waals surface area (Å²) in [5.74, 6) is 2.20. The van der Waals surface area contributed by atoms with E-state index < -0.39 is 6.10 Å². The second kappa shape index (κ2) is 17.5. The normalized spacial score (nSPS) is 12.4. The van der Waals surface area contributed by atoms with Gasteiger partial charge in [0.2, 0.25) is 0 Å². The van der Waals surface area contributed by atoms with Gasteiger partial charge in [-0.1, -0.05) is 142 Å². The lowest BCUT2D eigenvalue weighted by Gasteiger charge is -2.17. The van der Waals surface area contributed by atoms with Crippen LogP contribution in [0.5, 0.6) is 11.5 Å². The molecule has 6 aromatic rings. The van der Waals surface area contributed by atoms with Gasteiger partial charge in [-0.05, 0) is 46.7 Å². The smallest absolute Gasteiger partial charge is 0.167 e. The molecule has 1 heterocycles. The molecule has 2 unspecified atom stereocenters.